The molecule has 0 radical (unpaired) electrons. The third-order valence-corrected chi connectivity index (χ3v) is 20.3. The number of hydrogen-bond acceptors (Lipinski definition) is 19. The number of nitrogens with one attached hydrogen (secondary N) is 3. The van der Waals surface area contributed by atoms with Crippen molar-refractivity contribution in [3.8, 4) is 0 Å². The number of aromatic nitrogens is 4. The summed E-state index contributed by atoms with van der Waals surface area (Å²) in [7, 11) is -3.90. The first kappa shape index (κ1) is 71.4. The topological polar surface area (TPSA) is 279 Å². The van der Waals surface area contributed by atoms with Crippen LogP contribution in [0.25, 0.3) is 21.8 Å². The molecule has 0 bridgehead atoms. The van der Waals surface area contributed by atoms with Gasteiger partial charge in [0.15, 0.2) is 0 Å². The molecule has 2 aromatic carbocycles. The quantitative estimate of drug-likeness (QED) is 0.0263. The Hall–Kier alpha value is -4.58. The zero-order valence-corrected chi connectivity index (χ0v) is 46.6. The molecule has 426 valence electrons. The van der Waals surface area contributed by atoms with Crippen LogP contribution in [-0.2, 0) is 51.1 Å². The highest BCUT2D eigenvalue weighted by Crippen LogP contribution is 2.50. The molecule has 0 fully saturated rings. The Morgan fingerprint density at radius 3 is 1.58 bits per heavy atom. The van der Waals surface area contributed by atoms with Crippen molar-refractivity contribution >= 4 is 104 Å². The number of aromatic carboxylic acids is 1. The van der Waals surface area contributed by atoms with Crippen LogP contribution in [0.4, 0.5) is 10.0 Å². The molecular weight excluding hydrogens is 1090 g/mol. The van der Waals surface area contributed by atoms with Gasteiger partial charge in [0, 0.05) is 62.6 Å². The van der Waals surface area contributed by atoms with Crippen molar-refractivity contribution in [3.63, 3.8) is 0 Å². The SMILES string of the molecule is C.C.C.C.CCOP(=O)(CS(=O)CCNC(=O)c1ccc(N(C)Cc2ccc3nc(C)[nH]c(=O)c3c2)s1)OCC.CCOP(=O)(CSCCN)OCC.Cc1nc2ccc(CN(C)c3ccc(C(=O)O)s3)cc2c(=O)[nH]1. The Morgan fingerprint density at radius 2 is 1.16 bits per heavy atom. The summed E-state index contributed by atoms with van der Waals surface area (Å²) in [4.78, 5) is 66.6. The van der Waals surface area contributed by atoms with Gasteiger partial charge in [-0.2, -0.15) is 0 Å². The molecule has 76 heavy (non-hydrogen) atoms. The van der Waals surface area contributed by atoms with E-state index in [1.54, 1.807) is 59.7 Å². The van der Waals surface area contributed by atoms with Gasteiger partial charge in [-0.15, -0.1) is 34.4 Å². The number of thiophene rings is 2. The van der Waals surface area contributed by atoms with Gasteiger partial charge < -0.3 is 54.0 Å². The predicted octanol–water partition coefficient (Wildman–Crippen LogP) is 10.7. The lowest BCUT2D eigenvalue weighted by Gasteiger charge is -2.17. The molecule has 4 heterocycles. The summed E-state index contributed by atoms with van der Waals surface area (Å²) in [5.74, 6) is 0.894. The summed E-state index contributed by atoms with van der Waals surface area (Å²) in [6, 6.07) is 18.1. The molecule has 0 saturated carbocycles. The maximum absolute atomic E-state index is 12.6. The number of aryl methyl sites for hydroxylation is 2. The number of anilines is 2. The van der Waals surface area contributed by atoms with Crippen molar-refractivity contribution in [2.75, 3.05) is 85.9 Å². The van der Waals surface area contributed by atoms with Crippen LogP contribution >= 0.6 is 49.6 Å². The van der Waals surface area contributed by atoms with Crippen molar-refractivity contribution < 1.29 is 46.1 Å². The molecule has 6 rings (SSSR count). The summed E-state index contributed by atoms with van der Waals surface area (Å²) in [6.07, 6.45) is 0. The highest BCUT2D eigenvalue weighted by molar-refractivity contribution is 8.04. The van der Waals surface area contributed by atoms with E-state index in [1.807, 2.05) is 66.4 Å². The number of carbonyl (C=O) groups excluding carboxylic acids is 1. The molecule has 6 N–H and O–H groups in total. The Kier molecular flexibility index (Phi) is 32.9. The first-order valence-corrected chi connectivity index (χ1v) is 30.5. The first-order chi connectivity index (χ1) is 34.3. The third-order valence-electron chi connectivity index (χ3n) is 9.72. The molecular formula is C50H80N8O12P2S4. The Balaban J connectivity index is 0.00000121. The lowest BCUT2D eigenvalue weighted by molar-refractivity contribution is 0.0701. The number of nitrogens with two attached hydrogens (primary N) is 1. The summed E-state index contributed by atoms with van der Waals surface area (Å²) in [5, 5.41) is 14.6. The number of thioether (sulfide) groups is 1. The number of H-pyrrole nitrogens is 2. The minimum Gasteiger partial charge on any atom is -0.477 e. The zero-order valence-electron chi connectivity index (χ0n) is 41.6. The van der Waals surface area contributed by atoms with Gasteiger partial charge in [0.25, 0.3) is 17.0 Å². The number of hydrogen-bond donors (Lipinski definition) is 5. The zero-order chi connectivity index (χ0) is 53.0. The average molecular weight is 1180 g/mol. The van der Waals surface area contributed by atoms with Gasteiger partial charge in [0.2, 0.25) is 0 Å². The minimum absolute atomic E-state index is 0. The largest absolute Gasteiger partial charge is 0.477 e. The van der Waals surface area contributed by atoms with E-state index >= 15 is 0 Å². The lowest BCUT2D eigenvalue weighted by Crippen LogP contribution is -2.27. The molecule has 1 unspecified atom stereocenters. The molecule has 0 aliphatic heterocycles. The maximum atomic E-state index is 12.6. The normalized spacial score (nSPS) is 11.3. The summed E-state index contributed by atoms with van der Waals surface area (Å²) < 4.78 is 57.1. The number of benzene rings is 2. The van der Waals surface area contributed by atoms with Crippen molar-refractivity contribution in [2.45, 2.75) is 84.3 Å². The third kappa shape index (κ3) is 22.4. The van der Waals surface area contributed by atoms with Gasteiger partial charge in [-0.1, -0.05) is 41.8 Å². The van der Waals surface area contributed by atoms with Gasteiger partial charge in [0.1, 0.15) is 22.0 Å². The summed E-state index contributed by atoms with van der Waals surface area (Å²) >= 11 is 4.06. The summed E-state index contributed by atoms with van der Waals surface area (Å²) in [5.41, 5.74) is 8.41. The van der Waals surface area contributed by atoms with Crippen LogP contribution in [0.15, 0.2) is 70.3 Å². The molecule has 0 aliphatic carbocycles. The number of nitrogens with zero attached hydrogens (tertiary/aromatic N) is 4. The van der Waals surface area contributed by atoms with Gasteiger partial charge in [0.05, 0.1) is 68.6 Å². The van der Waals surface area contributed by atoms with E-state index in [1.165, 1.54) is 34.4 Å². The average Bonchev–Trinajstić information content (AvgIpc) is 4.03. The molecule has 26 heteroatoms. The van der Waals surface area contributed by atoms with E-state index in [9.17, 15) is 32.5 Å². The van der Waals surface area contributed by atoms with Crippen LogP contribution < -0.4 is 32.0 Å². The molecule has 4 aromatic heterocycles. The highest BCUT2D eigenvalue weighted by Gasteiger charge is 2.27. The molecule has 0 saturated heterocycles. The lowest BCUT2D eigenvalue weighted by atomic mass is 10.1. The number of carboxylic acid groups (broad SMARTS) is 1. The number of aromatic amines is 2. The van der Waals surface area contributed by atoms with Crippen molar-refractivity contribution in [3.05, 3.63) is 114 Å². The Labute approximate surface area is 462 Å². The fourth-order valence-electron chi connectivity index (χ4n) is 6.69. The van der Waals surface area contributed by atoms with E-state index < -0.39 is 32.0 Å². The second-order valence-electron chi connectivity index (χ2n) is 15.5. The molecule has 0 spiro atoms. The minimum atomic E-state index is -3.39. The number of carbonyl (C=O) groups is 2. The Morgan fingerprint density at radius 1 is 0.724 bits per heavy atom. The second kappa shape index (κ2) is 35.0. The number of carboxylic acids is 1. The van der Waals surface area contributed by atoms with E-state index in [2.05, 4.69) is 25.3 Å². The number of amides is 1. The van der Waals surface area contributed by atoms with E-state index in [0.29, 0.717) is 81.6 Å². The van der Waals surface area contributed by atoms with Gasteiger partial charge in [-0.3, -0.25) is 27.7 Å². The Bertz CT molecular complexity index is 2970. The fraction of sp³-hybridized carbons (Fsp3) is 0.480. The fourth-order valence-corrected chi connectivity index (χ4v) is 15.1. The van der Waals surface area contributed by atoms with Crippen molar-refractivity contribution in [1.82, 2.24) is 25.3 Å². The van der Waals surface area contributed by atoms with Crippen LogP contribution in [0.5, 0.6) is 0 Å². The van der Waals surface area contributed by atoms with Crippen LogP contribution in [-0.4, -0.2) is 117 Å². The number of rotatable bonds is 25. The van der Waals surface area contributed by atoms with Crippen molar-refractivity contribution in [2.24, 2.45) is 5.73 Å². The monoisotopic (exact) mass is 1170 g/mol. The van der Waals surface area contributed by atoms with Gasteiger partial charge in [-0.05, 0) is 101 Å². The van der Waals surface area contributed by atoms with Gasteiger partial charge >= 0.3 is 21.2 Å². The number of fused-ring (bicyclic) bond motifs is 2. The van der Waals surface area contributed by atoms with Crippen LogP contribution in [0.3, 0.4) is 0 Å². The van der Waals surface area contributed by atoms with E-state index in [0.717, 1.165) is 26.9 Å². The molecule has 1 atom stereocenters. The van der Waals surface area contributed by atoms with Crippen LogP contribution in [0.2, 0.25) is 0 Å². The maximum Gasteiger partial charge on any atom is 0.345 e. The van der Waals surface area contributed by atoms with Crippen LogP contribution in [0, 0.1) is 13.8 Å². The standard InChI is InChI=1S/C23H31N4O6PS2.C16H15N3O3S.C7H18NO3PS.4CH4/c1-5-32-34(30,33-6-2)15-36(31)12-11-24-23(29)20-9-10-21(35-20)27(4)14-17-7-8-19-18(13-17)22(28)26-16(3)25-19;1-9-17-12-4-3-10(7-11(12)15(20)18-9)8-19(2)14-6-5-13(23-14)16(21)22;1-3-10-12(9,11-4-2)7-13-6-5-8;;;;/h7-10,13H,5-6,11-12,14-15H2,1-4H3,(H,24,29)(H,25,26,28);3-7H,8H2,1-2H3,(H,21,22)(H,17,18,20);3-8H2,1-2H3;4*1H4. The van der Waals surface area contributed by atoms with E-state index in [-0.39, 0.29) is 77.7 Å². The van der Waals surface area contributed by atoms with Crippen LogP contribution in [0.1, 0.15) is 99.5 Å². The molecule has 6 aromatic rings. The molecule has 0 aliphatic rings. The predicted molar refractivity (Wildman–Crippen MR) is 319 cm³/mol. The smallest absolute Gasteiger partial charge is 0.345 e. The summed E-state index contributed by atoms with van der Waals surface area (Å²) in [6.45, 7) is 13.6. The molecule has 20 nitrogen and oxygen atoms in total. The van der Waals surface area contributed by atoms with E-state index in [4.69, 9.17) is 28.9 Å². The molecule has 1 amide bonds. The highest BCUT2D eigenvalue weighted by atomic mass is 32.2. The van der Waals surface area contributed by atoms with Gasteiger partial charge in [-0.25, -0.2) is 14.8 Å². The second-order valence-corrected chi connectivity index (χ2v) is 25.3. The first-order valence-electron chi connectivity index (χ1n) is 22.8. The van der Waals surface area contributed by atoms with Crippen molar-refractivity contribution in [1.29, 1.82) is 0 Å².